The van der Waals surface area contributed by atoms with E-state index < -0.39 is 11.9 Å². The normalized spacial score (nSPS) is 15.0. The number of hydrogen-bond donors (Lipinski definition) is 1. The van der Waals surface area contributed by atoms with Crippen molar-refractivity contribution in [3.8, 4) is 0 Å². The fourth-order valence-corrected chi connectivity index (χ4v) is 3.60. The number of H-pyrrole nitrogens is 1. The van der Waals surface area contributed by atoms with Crippen LogP contribution in [0.1, 0.15) is 44.0 Å². The number of benzene rings is 1. The van der Waals surface area contributed by atoms with Crippen LogP contribution in [0.3, 0.4) is 0 Å². The van der Waals surface area contributed by atoms with Crippen LogP contribution in [0.2, 0.25) is 0 Å². The van der Waals surface area contributed by atoms with Gasteiger partial charge in [-0.15, -0.1) is 0 Å². The highest BCUT2D eigenvalue weighted by Crippen LogP contribution is 2.35. The zero-order valence-electron chi connectivity index (χ0n) is 15.9. The van der Waals surface area contributed by atoms with Crippen molar-refractivity contribution < 1.29 is 19.1 Å². The number of carbonyl (C=O) groups is 2. The first kappa shape index (κ1) is 18.2. The van der Waals surface area contributed by atoms with Crippen molar-refractivity contribution in [1.82, 2.24) is 9.88 Å². The van der Waals surface area contributed by atoms with Crippen LogP contribution in [-0.2, 0) is 9.47 Å². The number of aromatic nitrogens is 1. The first-order valence-electron chi connectivity index (χ1n) is 8.59. The summed E-state index contributed by atoms with van der Waals surface area (Å²) in [6.45, 7) is 5.76. The number of rotatable bonds is 3. The molecule has 2 aromatic rings. The average molecular weight is 356 g/mol. The maximum absolute atomic E-state index is 12.5. The fourth-order valence-electron chi connectivity index (χ4n) is 3.60. The number of ether oxygens (including phenoxy) is 2. The molecule has 0 saturated heterocycles. The molecule has 0 unspecified atom stereocenters. The van der Waals surface area contributed by atoms with Gasteiger partial charge in [0, 0.05) is 29.7 Å². The van der Waals surface area contributed by atoms with Crippen molar-refractivity contribution in [3.05, 3.63) is 40.1 Å². The number of esters is 2. The molecule has 26 heavy (non-hydrogen) atoms. The molecule has 2 heterocycles. The Labute approximate surface area is 152 Å². The highest BCUT2D eigenvalue weighted by atomic mass is 16.5. The number of aryl methyl sites for hydroxylation is 2. The Bertz CT molecular complexity index is 924. The van der Waals surface area contributed by atoms with Crippen molar-refractivity contribution in [3.63, 3.8) is 0 Å². The molecule has 3 rings (SSSR count). The largest absolute Gasteiger partial charge is 0.465 e. The maximum atomic E-state index is 12.5. The zero-order chi connectivity index (χ0) is 19.0. The van der Waals surface area contributed by atoms with Gasteiger partial charge in [0.1, 0.15) is 0 Å². The molecular weight excluding hydrogens is 332 g/mol. The van der Waals surface area contributed by atoms with Crippen molar-refractivity contribution in [2.45, 2.75) is 20.3 Å². The number of fused-ring (bicyclic) bond motifs is 1. The van der Waals surface area contributed by atoms with E-state index in [9.17, 15) is 9.59 Å². The summed E-state index contributed by atoms with van der Waals surface area (Å²) in [6, 6.07) is 1.68. The number of carbonyl (C=O) groups excluding carboxylic acids is 2. The minimum Gasteiger partial charge on any atom is -0.465 e. The summed E-state index contributed by atoms with van der Waals surface area (Å²) in [5, 5.41) is 0.729. The molecule has 1 N–H and O–H groups in total. The summed E-state index contributed by atoms with van der Waals surface area (Å²) in [4.78, 5) is 30.5. The number of nitrogens with one attached hydrogen (secondary N) is 1. The van der Waals surface area contributed by atoms with E-state index in [1.165, 1.54) is 19.8 Å². The molecule has 1 aromatic heterocycles. The van der Waals surface area contributed by atoms with E-state index in [2.05, 4.69) is 23.0 Å². The summed E-state index contributed by atoms with van der Waals surface area (Å²) >= 11 is 0. The first-order chi connectivity index (χ1) is 12.4. The molecule has 0 saturated carbocycles. The van der Waals surface area contributed by atoms with Crippen LogP contribution in [0.5, 0.6) is 0 Å². The van der Waals surface area contributed by atoms with Crippen LogP contribution in [0.25, 0.3) is 16.5 Å². The molecule has 138 valence electrons. The van der Waals surface area contributed by atoms with Crippen LogP contribution in [0.4, 0.5) is 0 Å². The molecule has 1 aliphatic rings. The molecule has 1 aliphatic heterocycles. The lowest BCUT2D eigenvalue weighted by molar-refractivity contribution is 0.0557. The van der Waals surface area contributed by atoms with Gasteiger partial charge < -0.3 is 19.4 Å². The molecule has 0 bridgehead atoms. The molecule has 0 amide bonds. The van der Waals surface area contributed by atoms with Gasteiger partial charge in [-0.05, 0) is 50.1 Å². The Kier molecular flexibility index (Phi) is 4.87. The molecule has 0 fully saturated rings. The van der Waals surface area contributed by atoms with Gasteiger partial charge in [0.25, 0.3) is 0 Å². The molecular formula is C20H24N2O4. The van der Waals surface area contributed by atoms with E-state index in [1.807, 2.05) is 13.8 Å². The lowest BCUT2D eigenvalue weighted by Crippen LogP contribution is -2.23. The number of methoxy groups -OCH3 is 2. The van der Waals surface area contributed by atoms with Crippen molar-refractivity contribution >= 4 is 28.4 Å². The van der Waals surface area contributed by atoms with Gasteiger partial charge in [0.2, 0.25) is 0 Å². The predicted octanol–water partition coefficient (Wildman–Crippen LogP) is 3.08. The second-order valence-electron chi connectivity index (χ2n) is 6.72. The number of likely N-dealkylation sites (N-methyl/N-ethyl adjacent to an activating group) is 1. The standard InChI is InChI=1S/C20H24N2O4/c1-11-10-14(19(23)25-4)16(20(24)26-5)15-12(2)18(21-17(11)15)13-6-8-22(3)9-7-13/h6,10,21H,7-9H2,1-5H3. The first-order valence-corrected chi connectivity index (χ1v) is 8.59. The van der Waals surface area contributed by atoms with Crippen LogP contribution < -0.4 is 0 Å². The minimum absolute atomic E-state index is 0.232. The van der Waals surface area contributed by atoms with E-state index in [-0.39, 0.29) is 11.1 Å². The van der Waals surface area contributed by atoms with E-state index in [0.717, 1.165) is 47.2 Å². The number of nitrogens with zero attached hydrogens (tertiary/aromatic N) is 1. The molecule has 6 nitrogen and oxygen atoms in total. The summed E-state index contributed by atoms with van der Waals surface area (Å²) in [5.41, 5.74) is 5.42. The van der Waals surface area contributed by atoms with Crippen LogP contribution >= 0.6 is 0 Å². The third kappa shape index (κ3) is 2.90. The van der Waals surface area contributed by atoms with Crippen molar-refractivity contribution in [2.75, 3.05) is 34.4 Å². The van der Waals surface area contributed by atoms with E-state index in [4.69, 9.17) is 9.47 Å². The van der Waals surface area contributed by atoms with Gasteiger partial charge in [-0.3, -0.25) is 0 Å². The maximum Gasteiger partial charge on any atom is 0.339 e. The van der Waals surface area contributed by atoms with Crippen molar-refractivity contribution in [1.29, 1.82) is 0 Å². The van der Waals surface area contributed by atoms with Crippen LogP contribution in [0.15, 0.2) is 12.1 Å². The zero-order valence-corrected chi connectivity index (χ0v) is 15.9. The Morgan fingerprint density at radius 1 is 1.15 bits per heavy atom. The molecule has 0 atom stereocenters. The third-order valence-electron chi connectivity index (χ3n) is 5.05. The van der Waals surface area contributed by atoms with Crippen LogP contribution in [0, 0.1) is 13.8 Å². The monoisotopic (exact) mass is 356 g/mol. The topological polar surface area (TPSA) is 71.6 Å². The fraction of sp³-hybridized carbons (Fsp3) is 0.400. The molecule has 1 aromatic carbocycles. The molecule has 0 spiro atoms. The lowest BCUT2D eigenvalue weighted by atomic mass is 9.95. The van der Waals surface area contributed by atoms with Crippen LogP contribution in [-0.4, -0.2) is 56.2 Å². The smallest absolute Gasteiger partial charge is 0.339 e. The second-order valence-corrected chi connectivity index (χ2v) is 6.72. The quantitative estimate of drug-likeness (QED) is 0.856. The molecule has 0 aliphatic carbocycles. The van der Waals surface area contributed by atoms with Gasteiger partial charge >= 0.3 is 11.9 Å². The summed E-state index contributed by atoms with van der Waals surface area (Å²) < 4.78 is 9.84. The summed E-state index contributed by atoms with van der Waals surface area (Å²) in [7, 11) is 4.71. The number of aromatic amines is 1. The van der Waals surface area contributed by atoms with Gasteiger partial charge in [0.05, 0.1) is 25.3 Å². The minimum atomic E-state index is -0.545. The third-order valence-corrected chi connectivity index (χ3v) is 5.05. The predicted molar refractivity (Wildman–Crippen MR) is 101 cm³/mol. The second kappa shape index (κ2) is 6.96. The Balaban J connectivity index is 2.31. The van der Waals surface area contributed by atoms with Crippen molar-refractivity contribution in [2.24, 2.45) is 0 Å². The Hall–Kier alpha value is -2.60. The van der Waals surface area contributed by atoms with E-state index in [1.54, 1.807) is 6.07 Å². The van der Waals surface area contributed by atoms with E-state index >= 15 is 0 Å². The van der Waals surface area contributed by atoms with E-state index in [0.29, 0.717) is 0 Å². The highest BCUT2D eigenvalue weighted by Gasteiger charge is 2.27. The summed E-state index contributed by atoms with van der Waals surface area (Å²) in [6.07, 6.45) is 3.14. The molecule has 0 radical (unpaired) electrons. The Morgan fingerprint density at radius 2 is 1.85 bits per heavy atom. The van der Waals surface area contributed by atoms with Gasteiger partial charge in [-0.1, -0.05) is 6.08 Å². The SMILES string of the molecule is COC(=O)c1cc(C)c2[nH]c(C3=CCN(C)CC3)c(C)c2c1C(=O)OC. The van der Waals surface area contributed by atoms with Gasteiger partial charge in [-0.25, -0.2) is 9.59 Å². The summed E-state index contributed by atoms with van der Waals surface area (Å²) in [5.74, 6) is -1.09. The van der Waals surface area contributed by atoms with Gasteiger partial charge in [-0.2, -0.15) is 0 Å². The Morgan fingerprint density at radius 3 is 2.42 bits per heavy atom. The number of hydrogen-bond acceptors (Lipinski definition) is 5. The van der Waals surface area contributed by atoms with Gasteiger partial charge in [0.15, 0.2) is 0 Å². The average Bonchev–Trinajstić information content (AvgIpc) is 2.99. The lowest BCUT2D eigenvalue weighted by Gasteiger charge is -2.21. The highest BCUT2D eigenvalue weighted by molar-refractivity contribution is 6.14. The molecule has 6 heteroatoms.